The van der Waals surface area contributed by atoms with Gasteiger partial charge in [-0.1, -0.05) is 20.8 Å². The van der Waals surface area contributed by atoms with Crippen LogP contribution in [0.15, 0.2) is 0 Å². The van der Waals surface area contributed by atoms with Crippen molar-refractivity contribution >= 4 is 0 Å². The van der Waals surface area contributed by atoms with E-state index in [1.54, 1.807) is 0 Å². The maximum Gasteiger partial charge on any atom is 0.0594 e. The van der Waals surface area contributed by atoms with Gasteiger partial charge in [-0.3, -0.25) is 4.90 Å². The van der Waals surface area contributed by atoms with Crippen molar-refractivity contribution in [1.82, 2.24) is 10.2 Å². The molecule has 0 radical (unpaired) electrons. The number of rotatable bonds is 6. The average molecular weight is 228 g/mol. The summed E-state index contributed by atoms with van der Waals surface area (Å²) in [5, 5.41) is 3.68. The van der Waals surface area contributed by atoms with Crippen LogP contribution in [-0.2, 0) is 4.74 Å². The van der Waals surface area contributed by atoms with Gasteiger partial charge in [-0.25, -0.2) is 0 Å². The molecular formula is C13H28N2O. The Balaban J connectivity index is 2.24. The molecule has 3 nitrogen and oxygen atoms in total. The number of hydrogen-bond acceptors (Lipinski definition) is 3. The normalized spacial score (nSPS) is 22.3. The minimum absolute atomic E-state index is 0.622. The Kier molecular flexibility index (Phi) is 6.32. The first-order valence-corrected chi connectivity index (χ1v) is 6.70. The molecule has 1 N–H and O–H groups in total. The molecule has 1 fully saturated rings. The Hall–Kier alpha value is -0.120. The van der Waals surface area contributed by atoms with E-state index in [1.807, 2.05) is 0 Å². The lowest BCUT2D eigenvalue weighted by Crippen LogP contribution is -2.48. The van der Waals surface area contributed by atoms with Gasteiger partial charge in [0.2, 0.25) is 0 Å². The molecule has 1 aliphatic rings. The van der Waals surface area contributed by atoms with Crippen LogP contribution in [0.3, 0.4) is 0 Å². The molecule has 0 aromatic carbocycles. The van der Waals surface area contributed by atoms with Crippen molar-refractivity contribution in [1.29, 1.82) is 0 Å². The topological polar surface area (TPSA) is 24.5 Å². The Morgan fingerprint density at radius 2 is 1.81 bits per heavy atom. The summed E-state index contributed by atoms with van der Waals surface area (Å²) in [7, 11) is 0. The molecule has 0 aromatic heterocycles. The van der Waals surface area contributed by atoms with Crippen molar-refractivity contribution in [2.45, 2.75) is 46.2 Å². The third-order valence-electron chi connectivity index (χ3n) is 3.59. The van der Waals surface area contributed by atoms with Gasteiger partial charge in [0, 0.05) is 31.7 Å². The largest absolute Gasteiger partial charge is 0.379 e. The molecule has 0 saturated carbocycles. The Morgan fingerprint density at radius 3 is 2.31 bits per heavy atom. The second-order valence-electron chi connectivity index (χ2n) is 5.16. The summed E-state index contributed by atoms with van der Waals surface area (Å²) >= 11 is 0. The molecule has 0 aliphatic carbocycles. The summed E-state index contributed by atoms with van der Waals surface area (Å²) in [5.74, 6) is 0.724. The minimum atomic E-state index is 0.622. The summed E-state index contributed by atoms with van der Waals surface area (Å²) in [6.07, 6.45) is 1.22. The predicted octanol–water partition coefficient (Wildman–Crippen LogP) is 1.73. The van der Waals surface area contributed by atoms with E-state index in [9.17, 15) is 0 Å². The molecule has 0 bridgehead atoms. The van der Waals surface area contributed by atoms with Crippen molar-refractivity contribution in [3.63, 3.8) is 0 Å². The van der Waals surface area contributed by atoms with E-state index in [0.29, 0.717) is 12.1 Å². The standard InChI is InChI=1S/C13H28N2O/c1-5-13(11(2)3)14-10-12(4)15-6-8-16-9-7-15/h11-14H,5-10H2,1-4H3. The molecule has 3 heteroatoms. The van der Waals surface area contributed by atoms with Crippen LogP contribution in [0.1, 0.15) is 34.1 Å². The molecule has 1 aliphatic heterocycles. The average Bonchev–Trinajstić information content (AvgIpc) is 2.30. The van der Waals surface area contributed by atoms with Crippen molar-refractivity contribution in [2.75, 3.05) is 32.8 Å². The number of nitrogens with zero attached hydrogens (tertiary/aromatic N) is 1. The van der Waals surface area contributed by atoms with Crippen LogP contribution in [-0.4, -0.2) is 49.8 Å². The maximum absolute atomic E-state index is 5.37. The monoisotopic (exact) mass is 228 g/mol. The van der Waals surface area contributed by atoms with Gasteiger partial charge in [-0.15, -0.1) is 0 Å². The third-order valence-corrected chi connectivity index (χ3v) is 3.59. The highest BCUT2D eigenvalue weighted by Gasteiger charge is 2.18. The second-order valence-corrected chi connectivity index (χ2v) is 5.16. The zero-order valence-corrected chi connectivity index (χ0v) is 11.3. The van der Waals surface area contributed by atoms with Crippen LogP contribution in [0.25, 0.3) is 0 Å². The van der Waals surface area contributed by atoms with Crippen LogP contribution >= 0.6 is 0 Å². The highest BCUT2D eigenvalue weighted by molar-refractivity contribution is 4.76. The van der Waals surface area contributed by atoms with E-state index in [4.69, 9.17) is 4.74 Å². The first-order valence-electron chi connectivity index (χ1n) is 6.70. The van der Waals surface area contributed by atoms with Gasteiger partial charge in [0.05, 0.1) is 13.2 Å². The molecule has 16 heavy (non-hydrogen) atoms. The van der Waals surface area contributed by atoms with E-state index < -0.39 is 0 Å². The summed E-state index contributed by atoms with van der Waals surface area (Å²) in [6, 6.07) is 1.28. The molecular weight excluding hydrogens is 200 g/mol. The zero-order chi connectivity index (χ0) is 12.0. The zero-order valence-electron chi connectivity index (χ0n) is 11.3. The fourth-order valence-corrected chi connectivity index (χ4v) is 2.32. The third kappa shape index (κ3) is 4.40. The van der Waals surface area contributed by atoms with Crippen LogP contribution in [0.4, 0.5) is 0 Å². The molecule has 0 spiro atoms. The van der Waals surface area contributed by atoms with Crippen molar-refractivity contribution in [3.8, 4) is 0 Å². The molecule has 1 saturated heterocycles. The van der Waals surface area contributed by atoms with Gasteiger partial charge in [0.1, 0.15) is 0 Å². The lowest BCUT2D eigenvalue weighted by atomic mass is 10.0. The van der Waals surface area contributed by atoms with Crippen LogP contribution < -0.4 is 5.32 Å². The van der Waals surface area contributed by atoms with E-state index in [2.05, 4.69) is 37.9 Å². The smallest absolute Gasteiger partial charge is 0.0594 e. The van der Waals surface area contributed by atoms with Crippen LogP contribution in [0, 0.1) is 5.92 Å². The van der Waals surface area contributed by atoms with Crippen molar-refractivity contribution < 1.29 is 4.74 Å². The molecule has 2 atom stereocenters. The van der Waals surface area contributed by atoms with Gasteiger partial charge in [-0.2, -0.15) is 0 Å². The molecule has 1 rings (SSSR count). The van der Waals surface area contributed by atoms with Gasteiger partial charge in [0.25, 0.3) is 0 Å². The summed E-state index contributed by atoms with van der Waals surface area (Å²) in [5.41, 5.74) is 0. The number of morpholine rings is 1. The van der Waals surface area contributed by atoms with Crippen LogP contribution in [0.2, 0.25) is 0 Å². The lowest BCUT2D eigenvalue weighted by Gasteiger charge is -2.33. The molecule has 0 aromatic rings. The van der Waals surface area contributed by atoms with Crippen molar-refractivity contribution in [3.05, 3.63) is 0 Å². The summed E-state index contributed by atoms with van der Waals surface area (Å²) < 4.78 is 5.37. The van der Waals surface area contributed by atoms with E-state index >= 15 is 0 Å². The molecule has 2 unspecified atom stereocenters. The Labute approximate surface area is 101 Å². The fraction of sp³-hybridized carbons (Fsp3) is 1.00. The minimum Gasteiger partial charge on any atom is -0.379 e. The number of nitrogens with one attached hydrogen (secondary N) is 1. The van der Waals surface area contributed by atoms with E-state index in [1.165, 1.54) is 6.42 Å². The first kappa shape index (κ1) is 13.9. The van der Waals surface area contributed by atoms with E-state index in [-0.39, 0.29) is 0 Å². The number of ether oxygens (including phenoxy) is 1. The van der Waals surface area contributed by atoms with Gasteiger partial charge in [0.15, 0.2) is 0 Å². The molecule has 96 valence electrons. The van der Waals surface area contributed by atoms with E-state index in [0.717, 1.165) is 38.8 Å². The molecule has 0 amide bonds. The fourth-order valence-electron chi connectivity index (χ4n) is 2.32. The number of hydrogen-bond donors (Lipinski definition) is 1. The Morgan fingerprint density at radius 1 is 1.19 bits per heavy atom. The lowest BCUT2D eigenvalue weighted by molar-refractivity contribution is 0.0196. The van der Waals surface area contributed by atoms with Gasteiger partial charge < -0.3 is 10.1 Å². The predicted molar refractivity (Wildman–Crippen MR) is 68.8 cm³/mol. The maximum atomic E-state index is 5.37. The van der Waals surface area contributed by atoms with Crippen LogP contribution in [0.5, 0.6) is 0 Å². The SMILES string of the molecule is CCC(NCC(C)N1CCOCC1)C(C)C. The highest BCUT2D eigenvalue weighted by atomic mass is 16.5. The quantitative estimate of drug-likeness (QED) is 0.749. The molecule has 1 heterocycles. The van der Waals surface area contributed by atoms with Gasteiger partial charge in [-0.05, 0) is 19.3 Å². The highest BCUT2D eigenvalue weighted by Crippen LogP contribution is 2.07. The first-order chi connectivity index (χ1) is 7.65. The second kappa shape index (κ2) is 7.25. The van der Waals surface area contributed by atoms with Gasteiger partial charge >= 0.3 is 0 Å². The summed E-state index contributed by atoms with van der Waals surface area (Å²) in [6.45, 7) is 14.2. The summed E-state index contributed by atoms with van der Waals surface area (Å²) in [4.78, 5) is 2.52. The Bertz CT molecular complexity index is 179. The van der Waals surface area contributed by atoms with Crippen molar-refractivity contribution in [2.24, 2.45) is 5.92 Å².